The van der Waals surface area contributed by atoms with Crippen molar-refractivity contribution in [3.63, 3.8) is 0 Å². The summed E-state index contributed by atoms with van der Waals surface area (Å²) in [4.78, 5) is 15.8. The van der Waals surface area contributed by atoms with E-state index in [-0.39, 0.29) is 24.7 Å². The quantitative estimate of drug-likeness (QED) is 0.778. The molecule has 140 valence electrons. The largest absolute Gasteiger partial charge is 0.373 e. The molecule has 0 bridgehead atoms. The first-order valence-electron chi connectivity index (χ1n) is 8.82. The van der Waals surface area contributed by atoms with Crippen LogP contribution in [0.5, 0.6) is 0 Å². The van der Waals surface area contributed by atoms with E-state index in [9.17, 15) is 4.79 Å². The molecule has 2 atom stereocenters. The van der Waals surface area contributed by atoms with Crippen LogP contribution in [-0.2, 0) is 18.3 Å². The van der Waals surface area contributed by atoms with Crippen LogP contribution in [0.15, 0.2) is 30.3 Å². The first kappa shape index (κ1) is 18.3. The number of aryl methyl sites for hydroxylation is 1. The molecular weight excluding hydrogens is 334 g/mol. The zero-order valence-electron chi connectivity index (χ0n) is 15.1. The summed E-state index contributed by atoms with van der Waals surface area (Å²) in [5, 5.41) is 17.2. The number of nitrogens with one attached hydrogen (secondary N) is 2. The Morgan fingerprint density at radius 3 is 2.81 bits per heavy atom. The van der Waals surface area contributed by atoms with E-state index in [1.165, 1.54) is 10.4 Å². The summed E-state index contributed by atoms with van der Waals surface area (Å²) in [5.41, 5.74) is 1.20. The number of urea groups is 1. The Morgan fingerprint density at radius 1 is 1.31 bits per heavy atom. The third-order valence-electron chi connectivity index (χ3n) is 4.42. The number of benzene rings is 1. The van der Waals surface area contributed by atoms with E-state index in [2.05, 4.69) is 50.0 Å². The fraction of sp³-hybridized carbons (Fsp3) is 0.529. The maximum absolute atomic E-state index is 12.1. The first-order chi connectivity index (χ1) is 12.7. The molecule has 1 aliphatic rings. The fourth-order valence-electron chi connectivity index (χ4n) is 3.20. The Kier molecular flexibility index (Phi) is 6.13. The number of tetrazole rings is 1. The van der Waals surface area contributed by atoms with Crippen LogP contribution >= 0.6 is 0 Å². The third kappa shape index (κ3) is 4.55. The van der Waals surface area contributed by atoms with Gasteiger partial charge in [-0.1, -0.05) is 37.3 Å². The molecule has 0 aliphatic carbocycles. The summed E-state index contributed by atoms with van der Waals surface area (Å²) in [6, 6.07) is 10.1. The van der Waals surface area contributed by atoms with Gasteiger partial charge in [0.1, 0.15) is 0 Å². The second kappa shape index (κ2) is 8.72. The van der Waals surface area contributed by atoms with Gasteiger partial charge in [0, 0.05) is 13.1 Å². The van der Waals surface area contributed by atoms with E-state index in [0.29, 0.717) is 19.0 Å². The van der Waals surface area contributed by atoms with Gasteiger partial charge in [-0.05, 0) is 17.3 Å². The molecule has 1 aromatic heterocycles. The molecule has 2 aromatic rings. The number of carbonyl (C=O) groups is 1. The Labute approximate surface area is 152 Å². The number of aromatic nitrogens is 4. The van der Waals surface area contributed by atoms with Crippen LogP contribution in [0, 0.1) is 0 Å². The average molecular weight is 359 g/mol. The molecule has 2 N–H and O–H groups in total. The number of morpholine rings is 1. The van der Waals surface area contributed by atoms with E-state index in [1.807, 2.05) is 18.2 Å². The Balaban J connectivity index is 1.56. The van der Waals surface area contributed by atoms with Gasteiger partial charge in [-0.2, -0.15) is 4.80 Å². The van der Waals surface area contributed by atoms with Crippen LogP contribution in [0.3, 0.4) is 0 Å². The minimum Gasteiger partial charge on any atom is -0.373 e. The van der Waals surface area contributed by atoms with Gasteiger partial charge in [0.2, 0.25) is 0 Å². The lowest BCUT2D eigenvalue weighted by atomic mass is 9.98. The molecule has 2 amide bonds. The average Bonchev–Trinajstić information content (AvgIpc) is 3.10. The van der Waals surface area contributed by atoms with Crippen LogP contribution in [0.1, 0.15) is 24.4 Å². The highest BCUT2D eigenvalue weighted by molar-refractivity contribution is 5.73. The molecule has 1 aliphatic heterocycles. The highest BCUT2D eigenvalue weighted by atomic mass is 16.5. The first-order valence-corrected chi connectivity index (χ1v) is 8.82. The van der Waals surface area contributed by atoms with Gasteiger partial charge >= 0.3 is 6.03 Å². The minimum atomic E-state index is -0.276. The zero-order chi connectivity index (χ0) is 18.4. The number of ether oxygens (including phenoxy) is 1. The van der Waals surface area contributed by atoms with Crippen LogP contribution in [0.4, 0.5) is 4.79 Å². The Hall–Kier alpha value is -2.52. The Bertz CT molecular complexity index is 706. The summed E-state index contributed by atoms with van der Waals surface area (Å²) in [5.74, 6) is 0.468. The lowest BCUT2D eigenvalue weighted by Crippen LogP contribution is -2.50. The van der Waals surface area contributed by atoms with Crippen molar-refractivity contribution in [3.05, 3.63) is 41.7 Å². The van der Waals surface area contributed by atoms with Crippen molar-refractivity contribution in [2.75, 3.05) is 26.2 Å². The monoisotopic (exact) mass is 359 g/mol. The third-order valence-corrected chi connectivity index (χ3v) is 4.42. The van der Waals surface area contributed by atoms with Gasteiger partial charge in [0.25, 0.3) is 0 Å². The Morgan fingerprint density at radius 2 is 2.12 bits per heavy atom. The maximum Gasteiger partial charge on any atom is 0.315 e. The molecule has 26 heavy (non-hydrogen) atoms. The van der Waals surface area contributed by atoms with E-state index in [4.69, 9.17) is 4.74 Å². The number of carbonyl (C=O) groups excluding carboxylic acids is 1. The van der Waals surface area contributed by atoms with Gasteiger partial charge < -0.3 is 15.4 Å². The SMILES string of the molecule is CCN1CCO[C@@H](CNC(=O)NCc2nnn(C)n2)[C@@H]1c1ccccc1. The van der Waals surface area contributed by atoms with Gasteiger partial charge in [-0.25, -0.2) is 4.79 Å². The molecule has 0 unspecified atom stereocenters. The summed E-state index contributed by atoms with van der Waals surface area (Å²) in [7, 11) is 1.68. The van der Waals surface area contributed by atoms with Crippen LogP contribution in [0.25, 0.3) is 0 Å². The molecule has 2 heterocycles. The number of nitrogens with zero attached hydrogens (tertiary/aromatic N) is 5. The van der Waals surface area contributed by atoms with Gasteiger partial charge in [0.05, 0.1) is 32.3 Å². The van der Waals surface area contributed by atoms with Crippen LogP contribution < -0.4 is 10.6 Å². The number of hydrogen-bond donors (Lipinski definition) is 2. The van der Waals surface area contributed by atoms with Crippen molar-refractivity contribution in [1.82, 2.24) is 35.7 Å². The van der Waals surface area contributed by atoms with Gasteiger partial charge in [-0.3, -0.25) is 4.90 Å². The van der Waals surface area contributed by atoms with Gasteiger partial charge in [0.15, 0.2) is 5.82 Å². The standard InChI is InChI=1S/C17H25N7O2/c1-3-24-9-10-26-14(16(24)13-7-5-4-6-8-13)11-18-17(25)19-12-15-20-22-23(2)21-15/h4-8,14,16H,3,9-12H2,1-2H3,(H2,18,19,25)/t14-,16-/m0/s1. The topological polar surface area (TPSA) is 97.2 Å². The van der Waals surface area contributed by atoms with Crippen molar-refractivity contribution >= 4 is 6.03 Å². The molecule has 0 saturated carbocycles. The van der Waals surface area contributed by atoms with E-state index < -0.39 is 0 Å². The molecule has 1 aromatic carbocycles. The minimum absolute atomic E-state index is 0.105. The molecule has 3 rings (SSSR count). The normalized spacial score (nSPS) is 20.7. The number of rotatable bonds is 6. The molecule has 9 nitrogen and oxygen atoms in total. The molecular formula is C17H25N7O2. The van der Waals surface area contributed by atoms with E-state index >= 15 is 0 Å². The summed E-state index contributed by atoms with van der Waals surface area (Å²) in [6.45, 7) is 5.28. The highest BCUT2D eigenvalue weighted by Crippen LogP contribution is 2.28. The smallest absolute Gasteiger partial charge is 0.315 e. The summed E-state index contributed by atoms with van der Waals surface area (Å²) < 4.78 is 5.97. The van der Waals surface area contributed by atoms with Gasteiger partial charge in [-0.15, -0.1) is 10.2 Å². The number of amides is 2. The number of likely N-dealkylation sites (N-methyl/N-ethyl adjacent to an activating group) is 1. The van der Waals surface area contributed by atoms with Crippen LogP contribution in [0.2, 0.25) is 0 Å². The molecule has 1 saturated heterocycles. The van der Waals surface area contributed by atoms with Crippen molar-refractivity contribution < 1.29 is 9.53 Å². The van der Waals surface area contributed by atoms with Crippen LogP contribution in [-0.4, -0.2) is 63.5 Å². The maximum atomic E-state index is 12.1. The lowest BCUT2D eigenvalue weighted by molar-refractivity contribution is -0.0681. The predicted octanol–water partition coefficient (Wildman–Crippen LogP) is 0.471. The second-order valence-corrected chi connectivity index (χ2v) is 6.15. The lowest BCUT2D eigenvalue weighted by Gasteiger charge is -2.41. The number of hydrogen-bond acceptors (Lipinski definition) is 6. The van der Waals surface area contributed by atoms with E-state index in [0.717, 1.165) is 13.1 Å². The predicted molar refractivity (Wildman–Crippen MR) is 95.2 cm³/mol. The molecule has 9 heteroatoms. The van der Waals surface area contributed by atoms with Crippen molar-refractivity contribution in [2.24, 2.45) is 7.05 Å². The zero-order valence-corrected chi connectivity index (χ0v) is 15.1. The summed E-state index contributed by atoms with van der Waals surface area (Å²) in [6.07, 6.45) is -0.105. The fourth-order valence-corrected chi connectivity index (χ4v) is 3.20. The molecule has 0 spiro atoms. The highest BCUT2D eigenvalue weighted by Gasteiger charge is 2.32. The van der Waals surface area contributed by atoms with Crippen molar-refractivity contribution in [3.8, 4) is 0 Å². The molecule has 1 fully saturated rings. The molecule has 0 radical (unpaired) electrons. The van der Waals surface area contributed by atoms with Crippen molar-refractivity contribution in [2.45, 2.75) is 25.6 Å². The van der Waals surface area contributed by atoms with E-state index in [1.54, 1.807) is 7.05 Å². The summed E-state index contributed by atoms with van der Waals surface area (Å²) >= 11 is 0. The van der Waals surface area contributed by atoms with Crippen molar-refractivity contribution in [1.29, 1.82) is 0 Å². The second-order valence-electron chi connectivity index (χ2n) is 6.15.